The highest BCUT2D eigenvalue weighted by Crippen LogP contribution is 2.45. The summed E-state index contributed by atoms with van der Waals surface area (Å²) in [5.74, 6) is 0.447. The van der Waals surface area contributed by atoms with E-state index < -0.39 is 24.0 Å². The van der Waals surface area contributed by atoms with E-state index in [9.17, 15) is 31.1 Å². The maximum Gasteiger partial charge on any atom is 0.437 e. The Balaban J connectivity index is 1.69. The van der Waals surface area contributed by atoms with Gasteiger partial charge in [0.05, 0.1) is 13.2 Å². The summed E-state index contributed by atoms with van der Waals surface area (Å²) in [6, 6.07) is 4.66. The van der Waals surface area contributed by atoms with Crippen molar-refractivity contribution in [2.75, 3.05) is 39.5 Å². The predicted molar refractivity (Wildman–Crippen MR) is 97.1 cm³/mol. The van der Waals surface area contributed by atoms with Crippen molar-refractivity contribution in [2.45, 2.75) is 24.9 Å². The van der Waals surface area contributed by atoms with Crippen LogP contribution in [0, 0.1) is 0 Å². The van der Waals surface area contributed by atoms with Gasteiger partial charge in [0.2, 0.25) is 0 Å². The Morgan fingerprint density at radius 2 is 1.65 bits per heavy atom. The van der Waals surface area contributed by atoms with Crippen LogP contribution >= 0.6 is 0 Å². The molecule has 172 valence electrons. The van der Waals surface area contributed by atoms with Gasteiger partial charge in [-0.15, -0.1) is 0 Å². The van der Waals surface area contributed by atoms with Crippen LogP contribution in [0.15, 0.2) is 30.6 Å². The summed E-state index contributed by atoms with van der Waals surface area (Å²) >= 11 is 0. The first kappa shape index (κ1) is 23.2. The second-order valence-electron chi connectivity index (χ2n) is 7.16. The second kappa shape index (κ2) is 8.58. The number of carbonyl (C=O) groups is 1. The van der Waals surface area contributed by atoms with E-state index in [2.05, 4.69) is 9.64 Å². The van der Waals surface area contributed by atoms with Crippen molar-refractivity contribution < 1.29 is 45.3 Å². The molecule has 0 N–H and O–H groups in total. The highest BCUT2D eigenvalue weighted by Gasteiger charge is 2.71. The SMILES string of the molecule is CC(OC(=O)n1cc2ccc(OCCN3CCOCC3)cc2c1)(C(F)(F)F)C(F)(F)F. The van der Waals surface area contributed by atoms with E-state index in [-0.39, 0.29) is 6.92 Å². The molecule has 1 aromatic carbocycles. The molecular formula is C19H20F6N2O4. The van der Waals surface area contributed by atoms with Gasteiger partial charge in [0, 0.05) is 42.8 Å². The Labute approximate surface area is 173 Å². The van der Waals surface area contributed by atoms with Gasteiger partial charge in [-0.25, -0.2) is 4.79 Å². The molecule has 1 aromatic heterocycles. The lowest BCUT2D eigenvalue weighted by Gasteiger charge is -2.32. The fraction of sp³-hybridized carbons (Fsp3) is 0.526. The van der Waals surface area contributed by atoms with Gasteiger partial charge in [-0.05, 0) is 25.1 Å². The number of rotatable bonds is 5. The monoisotopic (exact) mass is 454 g/mol. The molecular weight excluding hydrogens is 434 g/mol. The molecule has 2 aromatic rings. The lowest BCUT2D eigenvalue weighted by molar-refractivity contribution is -0.357. The lowest BCUT2D eigenvalue weighted by atomic mass is 10.1. The van der Waals surface area contributed by atoms with Crippen molar-refractivity contribution in [1.82, 2.24) is 9.47 Å². The highest BCUT2D eigenvalue weighted by molar-refractivity contribution is 5.88. The Bertz CT molecular complexity index is 904. The van der Waals surface area contributed by atoms with Gasteiger partial charge in [0.25, 0.3) is 5.60 Å². The van der Waals surface area contributed by atoms with Crippen LogP contribution in [0.2, 0.25) is 0 Å². The summed E-state index contributed by atoms with van der Waals surface area (Å²) < 4.78 is 93.0. The first-order valence-electron chi connectivity index (χ1n) is 9.32. The topological polar surface area (TPSA) is 52.9 Å². The summed E-state index contributed by atoms with van der Waals surface area (Å²) in [5, 5.41) is 0.805. The fourth-order valence-electron chi connectivity index (χ4n) is 2.94. The molecule has 31 heavy (non-hydrogen) atoms. The van der Waals surface area contributed by atoms with Crippen LogP contribution < -0.4 is 4.74 Å². The molecule has 12 heteroatoms. The van der Waals surface area contributed by atoms with E-state index >= 15 is 0 Å². The molecule has 0 unspecified atom stereocenters. The van der Waals surface area contributed by atoms with Crippen molar-refractivity contribution in [3.8, 4) is 5.75 Å². The average molecular weight is 454 g/mol. The minimum atomic E-state index is -5.84. The van der Waals surface area contributed by atoms with Crippen molar-refractivity contribution in [3.63, 3.8) is 0 Å². The molecule has 1 fully saturated rings. The Morgan fingerprint density at radius 3 is 2.26 bits per heavy atom. The number of benzene rings is 1. The third-order valence-electron chi connectivity index (χ3n) is 4.98. The van der Waals surface area contributed by atoms with Crippen molar-refractivity contribution in [2.24, 2.45) is 0 Å². The first-order chi connectivity index (χ1) is 14.4. The molecule has 3 rings (SSSR count). The third kappa shape index (κ3) is 5.06. The van der Waals surface area contributed by atoms with Crippen LogP contribution in [0.1, 0.15) is 6.92 Å². The van der Waals surface area contributed by atoms with Crippen molar-refractivity contribution >= 4 is 16.9 Å². The molecule has 1 aliphatic heterocycles. The van der Waals surface area contributed by atoms with E-state index in [1.165, 1.54) is 12.1 Å². The molecule has 0 radical (unpaired) electrons. The number of morpholine rings is 1. The van der Waals surface area contributed by atoms with E-state index in [1.54, 1.807) is 6.07 Å². The molecule has 0 spiro atoms. The summed E-state index contributed by atoms with van der Waals surface area (Å²) in [5.41, 5.74) is -4.64. The van der Waals surface area contributed by atoms with Crippen molar-refractivity contribution in [1.29, 1.82) is 0 Å². The van der Waals surface area contributed by atoms with Crippen molar-refractivity contribution in [3.05, 3.63) is 30.6 Å². The number of hydrogen-bond donors (Lipinski definition) is 0. The zero-order chi connectivity index (χ0) is 22.9. The molecule has 0 saturated carbocycles. The molecule has 2 heterocycles. The Morgan fingerprint density at radius 1 is 1.03 bits per heavy atom. The smallest absolute Gasteiger partial charge is 0.437 e. The summed E-state index contributed by atoms with van der Waals surface area (Å²) in [4.78, 5) is 14.2. The van der Waals surface area contributed by atoms with Crippen LogP contribution in [-0.2, 0) is 9.47 Å². The Hall–Kier alpha value is -2.47. The van der Waals surface area contributed by atoms with Gasteiger partial charge in [0.1, 0.15) is 12.4 Å². The average Bonchev–Trinajstić information content (AvgIpc) is 3.10. The number of hydrogen-bond acceptors (Lipinski definition) is 5. The third-order valence-corrected chi connectivity index (χ3v) is 4.98. The molecule has 0 amide bonds. The lowest BCUT2D eigenvalue weighted by Crippen LogP contribution is -2.57. The second-order valence-corrected chi connectivity index (χ2v) is 7.16. The molecule has 0 atom stereocenters. The summed E-state index contributed by atoms with van der Waals surface area (Å²) in [6.07, 6.45) is -11.3. The molecule has 6 nitrogen and oxygen atoms in total. The van der Waals surface area contributed by atoms with Gasteiger partial charge in [-0.3, -0.25) is 9.47 Å². The van der Waals surface area contributed by atoms with E-state index in [0.717, 1.165) is 25.5 Å². The van der Waals surface area contributed by atoms with Crippen LogP contribution in [-0.4, -0.2) is 73.0 Å². The summed E-state index contributed by atoms with van der Waals surface area (Å²) in [6.45, 7) is 3.71. The number of carbonyl (C=O) groups excluding carboxylic acids is 1. The molecule has 0 bridgehead atoms. The molecule has 0 aliphatic carbocycles. The number of alkyl halides is 6. The maximum absolute atomic E-state index is 13.0. The minimum absolute atomic E-state index is 0.228. The molecule has 1 aliphatic rings. The van der Waals surface area contributed by atoms with E-state index in [1.807, 2.05) is 0 Å². The zero-order valence-corrected chi connectivity index (χ0v) is 16.4. The predicted octanol–water partition coefficient (Wildman–Crippen LogP) is 4.22. The number of ether oxygens (including phenoxy) is 3. The van der Waals surface area contributed by atoms with Crippen LogP contribution in [0.4, 0.5) is 31.1 Å². The van der Waals surface area contributed by atoms with Gasteiger partial charge in [-0.2, -0.15) is 26.3 Å². The number of nitrogens with zero attached hydrogens (tertiary/aromatic N) is 2. The van der Waals surface area contributed by atoms with Gasteiger partial charge >= 0.3 is 18.4 Å². The number of halogens is 6. The standard InChI is InChI=1S/C19H20F6N2O4/c1-17(18(20,21)22,19(23,24)25)31-16(28)27-11-13-2-3-15(10-14(13)12-27)30-9-6-26-4-7-29-8-5-26/h2-3,10-12H,4-9H2,1H3. The van der Waals surface area contributed by atoms with Crippen LogP contribution in [0.5, 0.6) is 5.75 Å². The van der Waals surface area contributed by atoms with E-state index in [0.29, 0.717) is 47.5 Å². The van der Waals surface area contributed by atoms with Crippen LogP contribution in [0.25, 0.3) is 10.8 Å². The normalized spacial score (nSPS) is 16.5. The number of aromatic nitrogens is 1. The van der Waals surface area contributed by atoms with E-state index in [4.69, 9.17) is 9.47 Å². The first-order valence-corrected chi connectivity index (χ1v) is 9.32. The van der Waals surface area contributed by atoms with Gasteiger partial charge in [-0.1, -0.05) is 0 Å². The quantitative estimate of drug-likeness (QED) is 0.634. The van der Waals surface area contributed by atoms with Gasteiger partial charge in [0.15, 0.2) is 0 Å². The highest BCUT2D eigenvalue weighted by atomic mass is 19.4. The fourth-order valence-corrected chi connectivity index (χ4v) is 2.94. The number of fused-ring (bicyclic) bond motifs is 1. The largest absolute Gasteiger partial charge is 0.492 e. The Kier molecular flexibility index (Phi) is 6.42. The van der Waals surface area contributed by atoms with Crippen LogP contribution in [0.3, 0.4) is 0 Å². The minimum Gasteiger partial charge on any atom is -0.492 e. The van der Waals surface area contributed by atoms with Gasteiger partial charge < -0.3 is 14.2 Å². The maximum atomic E-state index is 13.0. The molecule has 1 saturated heterocycles. The summed E-state index contributed by atoms with van der Waals surface area (Å²) in [7, 11) is 0. The zero-order valence-electron chi connectivity index (χ0n) is 16.4.